The van der Waals surface area contributed by atoms with E-state index in [1.807, 2.05) is 16.3 Å². The molecule has 1 fully saturated rings. The van der Waals surface area contributed by atoms with Crippen LogP contribution in [0.1, 0.15) is 33.6 Å². The molecule has 2 aromatic rings. The Labute approximate surface area is 122 Å². The van der Waals surface area contributed by atoms with Gasteiger partial charge in [-0.1, -0.05) is 12.1 Å². The molecule has 1 amide bonds. The Kier molecular flexibility index (Phi) is 3.49. The fourth-order valence-electron chi connectivity index (χ4n) is 2.33. The predicted molar refractivity (Wildman–Crippen MR) is 80.1 cm³/mol. The lowest BCUT2D eigenvalue weighted by molar-refractivity contribution is 0.0730. The van der Waals surface area contributed by atoms with Gasteiger partial charge in [-0.05, 0) is 43.3 Å². The third-order valence-corrected chi connectivity index (χ3v) is 4.55. The third-order valence-electron chi connectivity index (χ3n) is 3.69. The van der Waals surface area contributed by atoms with E-state index in [9.17, 15) is 9.90 Å². The Hall–Kier alpha value is -1.81. The minimum atomic E-state index is 0.0225. The monoisotopic (exact) mass is 287 g/mol. The lowest BCUT2D eigenvalue weighted by atomic mass is 10.1. The quantitative estimate of drug-likeness (QED) is 0.934. The van der Waals surface area contributed by atoms with Crippen LogP contribution in [0.4, 0.5) is 0 Å². The first-order valence-electron chi connectivity index (χ1n) is 6.78. The Morgan fingerprint density at radius 2 is 2.15 bits per heavy atom. The maximum atomic E-state index is 12.7. The van der Waals surface area contributed by atoms with E-state index >= 15 is 0 Å². The van der Waals surface area contributed by atoms with Crippen molar-refractivity contribution in [3.05, 3.63) is 51.7 Å². The number of hydrogen-bond donors (Lipinski definition) is 1. The molecule has 0 saturated heterocycles. The number of rotatable bonds is 4. The first-order valence-corrected chi connectivity index (χ1v) is 7.66. The zero-order valence-corrected chi connectivity index (χ0v) is 12.2. The van der Waals surface area contributed by atoms with Crippen LogP contribution >= 0.6 is 11.3 Å². The topological polar surface area (TPSA) is 40.5 Å². The van der Waals surface area contributed by atoms with E-state index in [2.05, 4.69) is 6.07 Å². The summed E-state index contributed by atoms with van der Waals surface area (Å²) in [5.74, 6) is 0.206. The van der Waals surface area contributed by atoms with Crippen LogP contribution in [0.5, 0.6) is 5.75 Å². The summed E-state index contributed by atoms with van der Waals surface area (Å²) < 4.78 is 0. The lowest BCUT2D eigenvalue weighted by Gasteiger charge is -2.23. The highest BCUT2D eigenvalue weighted by Crippen LogP contribution is 2.32. The number of amides is 1. The second kappa shape index (κ2) is 5.29. The van der Waals surface area contributed by atoms with Gasteiger partial charge in [0.25, 0.3) is 5.91 Å². The molecule has 3 nitrogen and oxygen atoms in total. The number of hydrogen-bond acceptors (Lipinski definition) is 3. The molecular weight excluding hydrogens is 270 g/mol. The fourth-order valence-corrected chi connectivity index (χ4v) is 3.04. The molecule has 1 aliphatic carbocycles. The van der Waals surface area contributed by atoms with Crippen molar-refractivity contribution in [2.75, 3.05) is 0 Å². The molecule has 1 heterocycles. The van der Waals surface area contributed by atoms with Crippen molar-refractivity contribution in [2.24, 2.45) is 0 Å². The van der Waals surface area contributed by atoms with Crippen LogP contribution in [0.25, 0.3) is 0 Å². The molecule has 4 heteroatoms. The number of phenols is 1. The van der Waals surface area contributed by atoms with Gasteiger partial charge < -0.3 is 10.0 Å². The summed E-state index contributed by atoms with van der Waals surface area (Å²) >= 11 is 1.67. The fraction of sp³-hybridized carbons (Fsp3) is 0.312. The normalized spacial score (nSPS) is 14.2. The van der Waals surface area contributed by atoms with Gasteiger partial charge in [0.15, 0.2) is 0 Å². The van der Waals surface area contributed by atoms with Gasteiger partial charge in [0.05, 0.1) is 6.54 Å². The molecule has 1 aliphatic rings. The largest absolute Gasteiger partial charge is 0.508 e. The van der Waals surface area contributed by atoms with Crippen molar-refractivity contribution in [1.82, 2.24) is 4.90 Å². The van der Waals surface area contributed by atoms with E-state index in [1.165, 1.54) is 4.88 Å². The van der Waals surface area contributed by atoms with Crippen LogP contribution in [-0.4, -0.2) is 22.0 Å². The SMILES string of the molecule is Cc1c(O)cccc1C(=O)N(Cc1cccs1)C1CC1. The maximum Gasteiger partial charge on any atom is 0.254 e. The molecule has 20 heavy (non-hydrogen) atoms. The molecule has 1 aromatic carbocycles. The summed E-state index contributed by atoms with van der Waals surface area (Å²) in [5, 5.41) is 11.8. The Balaban J connectivity index is 1.87. The average Bonchev–Trinajstić information content (AvgIpc) is 3.15. The van der Waals surface area contributed by atoms with Crippen molar-refractivity contribution in [2.45, 2.75) is 32.4 Å². The number of carbonyl (C=O) groups excluding carboxylic acids is 1. The number of thiophene rings is 1. The van der Waals surface area contributed by atoms with Crippen molar-refractivity contribution in [3.63, 3.8) is 0 Å². The van der Waals surface area contributed by atoms with E-state index in [-0.39, 0.29) is 11.7 Å². The van der Waals surface area contributed by atoms with Gasteiger partial charge >= 0.3 is 0 Å². The summed E-state index contributed by atoms with van der Waals surface area (Å²) in [5.41, 5.74) is 1.27. The number of phenolic OH excluding ortho intramolecular Hbond substituents is 1. The maximum absolute atomic E-state index is 12.7. The number of nitrogens with zero attached hydrogens (tertiary/aromatic N) is 1. The predicted octanol–water partition coefficient (Wildman–Crippen LogP) is 3.57. The molecule has 0 bridgehead atoms. The van der Waals surface area contributed by atoms with Gasteiger partial charge in [-0.2, -0.15) is 0 Å². The van der Waals surface area contributed by atoms with Gasteiger partial charge in [0, 0.05) is 22.0 Å². The van der Waals surface area contributed by atoms with E-state index in [4.69, 9.17) is 0 Å². The first kappa shape index (κ1) is 13.2. The number of aromatic hydroxyl groups is 1. The highest BCUT2D eigenvalue weighted by molar-refractivity contribution is 7.09. The van der Waals surface area contributed by atoms with Gasteiger partial charge in [-0.15, -0.1) is 11.3 Å². The van der Waals surface area contributed by atoms with Gasteiger partial charge in [0.2, 0.25) is 0 Å². The minimum Gasteiger partial charge on any atom is -0.508 e. The first-order chi connectivity index (χ1) is 9.66. The second-order valence-corrected chi connectivity index (χ2v) is 6.23. The highest BCUT2D eigenvalue weighted by Gasteiger charge is 2.33. The van der Waals surface area contributed by atoms with Crippen molar-refractivity contribution in [3.8, 4) is 5.75 Å². The molecule has 1 N–H and O–H groups in total. The van der Waals surface area contributed by atoms with E-state index in [0.717, 1.165) is 12.8 Å². The molecular formula is C16H17NO2S. The molecule has 104 valence electrons. The Morgan fingerprint density at radius 3 is 2.80 bits per heavy atom. The van der Waals surface area contributed by atoms with Crippen molar-refractivity contribution in [1.29, 1.82) is 0 Å². The number of carbonyl (C=O) groups is 1. The van der Waals surface area contributed by atoms with Crippen LogP contribution < -0.4 is 0 Å². The molecule has 0 radical (unpaired) electrons. The summed E-state index contributed by atoms with van der Waals surface area (Å²) in [7, 11) is 0. The van der Waals surface area contributed by atoms with Crippen LogP contribution in [0.15, 0.2) is 35.7 Å². The van der Waals surface area contributed by atoms with Gasteiger partial charge in [0.1, 0.15) is 5.75 Å². The molecule has 0 aliphatic heterocycles. The van der Waals surface area contributed by atoms with E-state index in [0.29, 0.717) is 23.7 Å². The van der Waals surface area contributed by atoms with Crippen LogP contribution in [0.2, 0.25) is 0 Å². The number of benzene rings is 1. The van der Waals surface area contributed by atoms with Gasteiger partial charge in [-0.3, -0.25) is 4.79 Å². The Bertz CT molecular complexity index is 617. The average molecular weight is 287 g/mol. The summed E-state index contributed by atoms with van der Waals surface area (Å²) in [6.45, 7) is 2.45. The molecule has 3 rings (SSSR count). The zero-order chi connectivity index (χ0) is 14.1. The molecule has 1 saturated carbocycles. The van der Waals surface area contributed by atoms with E-state index in [1.54, 1.807) is 36.5 Å². The third kappa shape index (κ3) is 2.56. The van der Waals surface area contributed by atoms with Crippen LogP contribution in [0.3, 0.4) is 0 Å². The van der Waals surface area contributed by atoms with Crippen LogP contribution in [0, 0.1) is 6.92 Å². The smallest absolute Gasteiger partial charge is 0.254 e. The minimum absolute atomic E-state index is 0.0225. The van der Waals surface area contributed by atoms with E-state index < -0.39 is 0 Å². The summed E-state index contributed by atoms with van der Waals surface area (Å²) in [6, 6.07) is 9.56. The molecule has 1 aromatic heterocycles. The molecule has 0 spiro atoms. The van der Waals surface area contributed by atoms with Gasteiger partial charge in [-0.25, -0.2) is 0 Å². The zero-order valence-electron chi connectivity index (χ0n) is 11.4. The van der Waals surface area contributed by atoms with Crippen molar-refractivity contribution >= 4 is 17.2 Å². The van der Waals surface area contributed by atoms with Crippen LogP contribution in [-0.2, 0) is 6.54 Å². The van der Waals surface area contributed by atoms with Crippen molar-refractivity contribution < 1.29 is 9.90 Å². The highest BCUT2D eigenvalue weighted by atomic mass is 32.1. The Morgan fingerprint density at radius 1 is 1.35 bits per heavy atom. The lowest BCUT2D eigenvalue weighted by Crippen LogP contribution is -2.32. The standard InChI is InChI=1S/C16H17NO2S/c1-11-14(5-2-6-15(11)18)16(19)17(12-7-8-12)10-13-4-3-9-20-13/h2-6,9,12,18H,7-8,10H2,1H3. The molecule has 0 atom stereocenters. The summed E-state index contributed by atoms with van der Waals surface area (Å²) in [6.07, 6.45) is 2.16. The second-order valence-electron chi connectivity index (χ2n) is 5.19. The summed E-state index contributed by atoms with van der Waals surface area (Å²) in [4.78, 5) is 15.9. The molecule has 0 unspecified atom stereocenters.